The third-order valence-electron chi connectivity index (χ3n) is 3.47. The lowest BCUT2D eigenvalue weighted by Crippen LogP contribution is -2.61. The highest BCUT2D eigenvalue weighted by Crippen LogP contribution is 2.14. The minimum Gasteiger partial charge on any atom is -0.489 e. The first-order valence-corrected chi connectivity index (χ1v) is 8.08. The molecule has 0 saturated carbocycles. The molecule has 0 unspecified atom stereocenters. The van der Waals surface area contributed by atoms with E-state index in [-0.39, 0.29) is 14.7 Å². The summed E-state index contributed by atoms with van der Waals surface area (Å²) in [6, 6.07) is 16.3. The number of amides is 2. The van der Waals surface area contributed by atoms with Gasteiger partial charge >= 0.3 is 0 Å². The van der Waals surface area contributed by atoms with E-state index in [1.807, 2.05) is 44.2 Å². The predicted molar refractivity (Wildman–Crippen MR) is 97.1 cm³/mol. The largest absolute Gasteiger partial charge is 0.489 e. The van der Waals surface area contributed by atoms with Crippen LogP contribution in [0.25, 0.3) is 0 Å². The number of carbonyl (C=O) groups excluding carboxylic acids is 2. The summed E-state index contributed by atoms with van der Waals surface area (Å²) in [6.45, 7) is 4.97. The van der Waals surface area contributed by atoms with E-state index in [9.17, 15) is 9.59 Å². The zero-order valence-electron chi connectivity index (χ0n) is 13.9. The van der Waals surface area contributed by atoms with Gasteiger partial charge in [-0.25, -0.2) is 0 Å². The Balaban J connectivity index is 0.00000151. The average molecular weight is 330 g/mol. The Labute approximate surface area is 145 Å². The van der Waals surface area contributed by atoms with Crippen molar-refractivity contribution in [3.8, 4) is 5.75 Å². The van der Waals surface area contributed by atoms with Crippen LogP contribution in [0.1, 0.15) is 32.6 Å². The Hall–Kier alpha value is -2.82. The van der Waals surface area contributed by atoms with E-state index in [0.717, 1.165) is 5.56 Å². The minimum atomic E-state index is -0.415. The van der Waals surface area contributed by atoms with E-state index in [4.69, 9.17) is 4.74 Å². The molecule has 1 saturated heterocycles. The van der Waals surface area contributed by atoms with Crippen molar-refractivity contribution < 1.29 is 17.2 Å². The molecule has 1 heterocycles. The fraction of sp³-hybridized carbons (Fsp3) is 0.263. The number of rotatable bonds is 5. The maximum Gasteiger partial charge on any atom is 0.251 e. The SMILES string of the molecule is CC.O=C(N[C@@H]1CNC1=O)c1ccc(OCc2ccccc2)cc1.[HH].[HH]. The molecular formula is C19H26N2O3. The second-order valence-electron chi connectivity index (χ2n) is 5.07. The lowest BCUT2D eigenvalue weighted by molar-refractivity contribution is -0.128. The molecule has 2 aromatic carbocycles. The highest BCUT2D eigenvalue weighted by Gasteiger charge is 2.29. The molecule has 0 spiro atoms. The van der Waals surface area contributed by atoms with Crippen molar-refractivity contribution in [3.63, 3.8) is 0 Å². The van der Waals surface area contributed by atoms with Crippen LogP contribution in [0.3, 0.4) is 0 Å². The Kier molecular flexibility index (Phi) is 6.37. The van der Waals surface area contributed by atoms with Crippen LogP contribution in [-0.4, -0.2) is 24.4 Å². The average Bonchev–Trinajstić information content (AvgIpc) is 2.66. The lowest BCUT2D eigenvalue weighted by Gasteiger charge is -2.26. The van der Waals surface area contributed by atoms with Crippen LogP contribution in [0, 0.1) is 0 Å². The Morgan fingerprint density at radius 3 is 2.38 bits per heavy atom. The number of carbonyl (C=O) groups is 2. The molecule has 5 heteroatoms. The maximum absolute atomic E-state index is 12.0. The van der Waals surface area contributed by atoms with Crippen LogP contribution in [0.5, 0.6) is 5.75 Å². The van der Waals surface area contributed by atoms with Gasteiger partial charge in [0.1, 0.15) is 18.4 Å². The van der Waals surface area contributed by atoms with Gasteiger partial charge in [-0.3, -0.25) is 9.59 Å². The number of hydrogen-bond acceptors (Lipinski definition) is 3. The van der Waals surface area contributed by atoms with Crippen molar-refractivity contribution in [2.24, 2.45) is 0 Å². The number of nitrogens with one attached hydrogen (secondary N) is 2. The van der Waals surface area contributed by atoms with E-state index in [1.54, 1.807) is 24.3 Å². The first kappa shape index (κ1) is 17.5. The van der Waals surface area contributed by atoms with Crippen LogP contribution < -0.4 is 15.4 Å². The van der Waals surface area contributed by atoms with Crippen molar-refractivity contribution in [1.29, 1.82) is 0 Å². The van der Waals surface area contributed by atoms with E-state index >= 15 is 0 Å². The smallest absolute Gasteiger partial charge is 0.251 e. The van der Waals surface area contributed by atoms with Gasteiger partial charge in [-0.1, -0.05) is 44.2 Å². The standard InChI is InChI=1S/C17H16N2O3.C2H6.2H2/c20-16(19-15-10-18-17(15)21)13-6-8-14(9-7-13)22-11-12-4-2-1-3-5-12;1-2;;/h1-9,15H,10-11H2,(H,18,21)(H,19,20);1-2H3;2*1H/t15-;;;/m1.../s1. The second kappa shape index (κ2) is 8.72. The molecule has 1 aliphatic heterocycles. The van der Waals surface area contributed by atoms with Gasteiger partial charge in [0.05, 0.1) is 0 Å². The van der Waals surface area contributed by atoms with E-state index in [1.165, 1.54) is 0 Å². The third kappa shape index (κ3) is 4.59. The second-order valence-corrected chi connectivity index (χ2v) is 5.07. The molecule has 130 valence electrons. The zero-order valence-corrected chi connectivity index (χ0v) is 13.9. The van der Waals surface area contributed by atoms with Gasteiger partial charge < -0.3 is 15.4 Å². The molecule has 1 fully saturated rings. The maximum atomic E-state index is 12.0. The number of ether oxygens (including phenoxy) is 1. The highest BCUT2D eigenvalue weighted by atomic mass is 16.5. The predicted octanol–water partition coefficient (Wildman–Crippen LogP) is 3.01. The number of β-lactam (4-membered cyclic amide) rings is 1. The molecular weight excluding hydrogens is 304 g/mol. The van der Waals surface area contributed by atoms with Gasteiger partial charge in [0, 0.05) is 15.0 Å². The van der Waals surface area contributed by atoms with Crippen molar-refractivity contribution in [3.05, 3.63) is 65.7 Å². The van der Waals surface area contributed by atoms with Crippen LogP contribution >= 0.6 is 0 Å². The zero-order chi connectivity index (χ0) is 17.4. The van der Waals surface area contributed by atoms with Gasteiger partial charge in [0.15, 0.2) is 0 Å². The first-order valence-electron chi connectivity index (χ1n) is 8.08. The quantitative estimate of drug-likeness (QED) is 0.828. The van der Waals surface area contributed by atoms with Crippen molar-refractivity contribution in [2.45, 2.75) is 26.5 Å². The van der Waals surface area contributed by atoms with Crippen LogP contribution in [-0.2, 0) is 11.4 Å². The van der Waals surface area contributed by atoms with Crippen molar-refractivity contribution >= 4 is 11.8 Å². The van der Waals surface area contributed by atoms with Gasteiger partial charge in [0.25, 0.3) is 5.91 Å². The minimum absolute atomic E-state index is 0. The van der Waals surface area contributed by atoms with Gasteiger partial charge in [-0.05, 0) is 29.8 Å². The summed E-state index contributed by atoms with van der Waals surface area (Å²) in [5.74, 6) is 0.299. The molecule has 5 nitrogen and oxygen atoms in total. The van der Waals surface area contributed by atoms with E-state index < -0.39 is 6.04 Å². The molecule has 2 amide bonds. The molecule has 1 atom stereocenters. The summed E-state index contributed by atoms with van der Waals surface area (Å²) >= 11 is 0. The van der Waals surface area contributed by atoms with E-state index in [2.05, 4.69) is 10.6 Å². The lowest BCUT2D eigenvalue weighted by atomic mass is 10.1. The fourth-order valence-electron chi connectivity index (χ4n) is 2.09. The summed E-state index contributed by atoms with van der Waals surface area (Å²) in [5.41, 5.74) is 1.59. The molecule has 0 aliphatic carbocycles. The highest BCUT2D eigenvalue weighted by molar-refractivity contribution is 5.99. The fourth-order valence-corrected chi connectivity index (χ4v) is 2.09. The van der Waals surface area contributed by atoms with Gasteiger partial charge in [-0.15, -0.1) is 0 Å². The van der Waals surface area contributed by atoms with Gasteiger partial charge in [0.2, 0.25) is 5.91 Å². The molecule has 0 radical (unpaired) electrons. The first-order chi connectivity index (χ1) is 11.7. The Morgan fingerprint density at radius 1 is 1.17 bits per heavy atom. The van der Waals surface area contributed by atoms with Crippen LogP contribution in [0.15, 0.2) is 54.6 Å². The summed E-state index contributed by atoms with van der Waals surface area (Å²) in [7, 11) is 0. The molecule has 0 aromatic heterocycles. The molecule has 1 aliphatic rings. The number of hydrogen-bond donors (Lipinski definition) is 2. The summed E-state index contributed by atoms with van der Waals surface area (Å²) < 4.78 is 5.66. The van der Waals surface area contributed by atoms with Crippen LogP contribution in [0.4, 0.5) is 0 Å². The monoisotopic (exact) mass is 330 g/mol. The summed E-state index contributed by atoms with van der Waals surface area (Å²) in [5, 5.41) is 5.25. The van der Waals surface area contributed by atoms with E-state index in [0.29, 0.717) is 24.5 Å². The molecule has 0 bridgehead atoms. The number of benzene rings is 2. The van der Waals surface area contributed by atoms with Crippen LogP contribution in [0.2, 0.25) is 0 Å². The van der Waals surface area contributed by atoms with Crippen molar-refractivity contribution in [2.75, 3.05) is 6.54 Å². The van der Waals surface area contributed by atoms with Crippen molar-refractivity contribution in [1.82, 2.24) is 10.6 Å². The third-order valence-corrected chi connectivity index (χ3v) is 3.47. The molecule has 2 N–H and O–H groups in total. The molecule has 24 heavy (non-hydrogen) atoms. The van der Waals surface area contributed by atoms with Gasteiger partial charge in [-0.2, -0.15) is 0 Å². The summed E-state index contributed by atoms with van der Waals surface area (Å²) in [4.78, 5) is 23.1. The Morgan fingerprint density at radius 2 is 1.83 bits per heavy atom. The summed E-state index contributed by atoms with van der Waals surface area (Å²) in [6.07, 6.45) is 0. The molecule has 3 rings (SSSR count). The Bertz CT molecular complexity index is 679. The normalized spacial score (nSPS) is 15.2. The topological polar surface area (TPSA) is 67.4 Å². The molecule has 2 aromatic rings.